The Labute approximate surface area is 149 Å². The summed E-state index contributed by atoms with van der Waals surface area (Å²) in [6.07, 6.45) is 6.87. The molecule has 0 saturated carbocycles. The molecule has 1 aromatic carbocycles. The first-order chi connectivity index (χ1) is 12.3. The van der Waals surface area contributed by atoms with E-state index in [4.69, 9.17) is 0 Å². The number of nitrogens with zero attached hydrogens (tertiary/aromatic N) is 3. The molecule has 2 aromatic rings. The van der Waals surface area contributed by atoms with E-state index < -0.39 is 0 Å². The van der Waals surface area contributed by atoms with Gasteiger partial charge in [-0.1, -0.05) is 18.2 Å². The number of aromatic nitrogens is 1. The van der Waals surface area contributed by atoms with Crippen molar-refractivity contribution >= 4 is 11.6 Å². The van der Waals surface area contributed by atoms with Crippen molar-refractivity contribution in [3.8, 4) is 0 Å². The number of para-hydroxylation sites is 1. The van der Waals surface area contributed by atoms with Crippen molar-refractivity contribution in [2.75, 3.05) is 31.1 Å². The van der Waals surface area contributed by atoms with E-state index in [9.17, 15) is 4.79 Å². The number of hydrogen-bond acceptors (Lipinski definition) is 3. The van der Waals surface area contributed by atoms with Crippen LogP contribution in [0.25, 0.3) is 0 Å². The molecule has 2 aliphatic heterocycles. The Bertz CT molecular complexity index is 696. The van der Waals surface area contributed by atoms with Gasteiger partial charge in [0.2, 0.25) is 5.91 Å². The van der Waals surface area contributed by atoms with Gasteiger partial charge in [0.15, 0.2) is 0 Å². The smallest absolute Gasteiger partial charge is 0.227 e. The molecule has 4 heteroatoms. The molecule has 0 unspecified atom stereocenters. The molecule has 25 heavy (non-hydrogen) atoms. The molecule has 3 heterocycles. The molecule has 0 aliphatic carbocycles. The number of likely N-dealkylation sites (tertiary alicyclic amines) is 1. The maximum absolute atomic E-state index is 12.4. The van der Waals surface area contributed by atoms with Gasteiger partial charge < -0.3 is 9.80 Å². The van der Waals surface area contributed by atoms with E-state index in [1.54, 1.807) is 0 Å². The van der Waals surface area contributed by atoms with Crippen LogP contribution >= 0.6 is 0 Å². The lowest BCUT2D eigenvalue weighted by molar-refractivity contribution is -0.117. The van der Waals surface area contributed by atoms with Crippen LogP contribution in [0.4, 0.5) is 5.69 Å². The lowest BCUT2D eigenvalue weighted by Crippen LogP contribution is -2.37. The third-order valence-corrected chi connectivity index (χ3v) is 5.55. The first kappa shape index (κ1) is 16.3. The monoisotopic (exact) mass is 335 g/mol. The van der Waals surface area contributed by atoms with Gasteiger partial charge in [-0.15, -0.1) is 0 Å². The zero-order chi connectivity index (χ0) is 17.1. The molecule has 2 aliphatic rings. The summed E-state index contributed by atoms with van der Waals surface area (Å²) >= 11 is 0. The lowest BCUT2D eigenvalue weighted by atomic mass is 9.89. The summed E-state index contributed by atoms with van der Waals surface area (Å²) in [5.41, 5.74) is 2.45. The number of anilines is 1. The Hall–Kier alpha value is -2.20. The summed E-state index contributed by atoms with van der Waals surface area (Å²) in [6.45, 7) is 4.15. The fourth-order valence-corrected chi connectivity index (χ4v) is 4.21. The summed E-state index contributed by atoms with van der Waals surface area (Å²) in [4.78, 5) is 21.0. The van der Waals surface area contributed by atoms with E-state index in [1.165, 1.54) is 18.4 Å². The topological polar surface area (TPSA) is 36.4 Å². The maximum atomic E-state index is 12.4. The van der Waals surface area contributed by atoms with Crippen molar-refractivity contribution in [1.29, 1.82) is 0 Å². The van der Waals surface area contributed by atoms with E-state index in [0.29, 0.717) is 18.3 Å². The van der Waals surface area contributed by atoms with Gasteiger partial charge >= 0.3 is 0 Å². The van der Waals surface area contributed by atoms with Crippen molar-refractivity contribution in [2.45, 2.75) is 25.2 Å². The van der Waals surface area contributed by atoms with Gasteiger partial charge in [0.1, 0.15) is 0 Å². The highest BCUT2D eigenvalue weighted by Gasteiger charge is 2.32. The predicted octanol–water partition coefficient (Wildman–Crippen LogP) is 3.31. The fraction of sp³-hybridized carbons (Fsp3) is 0.429. The Morgan fingerprint density at radius 1 is 1.00 bits per heavy atom. The number of piperidine rings is 1. The second-order valence-corrected chi connectivity index (χ2v) is 7.27. The van der Waals surface area contributed by atoms with E-state index >= 15 is 0 Å². The molecule has 1 amide bonds. The van der Waals surface area contributed by atoms with Crippen molar-refractivity contribution in [3.63, 3.8) is 0 Å². The van der Waals surface area contributed by atoms with Crippen LogP contribution < -0.4 is 4.90 Å². The minimum atomic E-state index is 0.267. The number of rotatable bonds is 4. The number of carbonyl (C=O) groups is 1. The molecule has 130 valence electrons. The summed E-state index contributed by atoms with van der Waals surface area (Å²) in [5, 5.41) is 0. The van der Waals surface area contributed by atoms with Crippen LogP contribution in [-0.4, -0.2) is 42.0 Å². The quantitative estimate of drug-likeness (QED) is 0.860. The minimum Gasteiger partial charge on any atom is -0.312 e. The lowest BCUT2D eigenvalue weighted by Gasteiger charge is -2.33. The second-order valence-electron chi connectivity index (χ2n) is 7.27. The molecule has 0 spiro atoms. The highest BCUT2D eigenvalue weighted by atomic mass is 16.2. The molecule has 1 atom stereocenters. The van der Waals surface area contributed by atoms with E-state index in [2.05, 4.69) is 22.0 Å². The molecule has 0 bridgehead atoms. The Kier molecular flexibility index (Phi) is 4.79. The molecule has 2 fully saturated rings. The average molecular weight is 335 g/mol. The van der Waals surface area contributed by atoms with E-state index in [1.807, 2.05) is 47.6 Å². The maximum Gasteiger partial charge on any atom is 0.227 e. The SMILES string of the molecule is O=C1C[C@H](CN2CCC(c3ccncc3)CC2)CN1c1ccccc1. The van der Waals surface area contributed by atoms with Gasteiger partial charge in [-0.3, -0.25) is 9.78 Å². The first-order valence-electron chi connectivity index (χ1n) is 9.27. The van der Waals surface area contributed by atoms with Gasteiger partial charge in [0.05, 0.1) is 0 Å². The molecular formula is C21H25N3O. The van der Waals surface area contributed by atoms with Crippen LogP contribution in [0.1, 0.15) is 30.7 Å². The standard InChI is InChI=1S/C21H25N3O/c25-21-14-17(16-24(21)20-4-2-1-3-5-20)15-23-12-8-19(9-13-23)18-6-10-22-11-7-18/h1-7,10-11,17,19H,8-9,12-16H2/t17-/m1/s1. The zero-order valence-electron chi connectivity index (χ0n) is 14.6. The third-order valence-electron chi connectivity index (χ3n) is 5.55. The van der Waals surface area contributed by atoms with Gasteiger partial charge in [-0.05, 0) is 67.6 Å². The Morgan fingerprint density at radius 2 is 1.72 bits per heavy atom. The van der Waals surface area contributed by atoms with Crippen molar-refractivity contribution in [3.05, 3.63) is 60.4 Å². The predicted molar refractivity (Wildman–Crippen MR) is 99.6 cm³/mol. The van der Waals surface area contributed by atoms with Crippen molar-refractivity contribution < 1.29 is 4.79 Å². The first-order valence-corrected chi connectivity index (χ1v) is 9.27. The van der Waals surface area contributed by atoms with Gasteiger partial charge in [0, 0.05) is 37.6 Å². The molecule has 0 N–H and O–H groups in total. The zero-order valence-corrected chi connectivity index (χ0v) is 14.6. The highest BCUT2D eigenvalue weighted by Crippen LogP contribution is 2.30. The van der Waals surface area contributed by atoms with Crippen LogP contribution in [0.15, 0.2) is 54.9 Å². The minimum absolute atomic E-state index is 0.267. The van der Waals surface area contributed by atoms with Gasteiger partial charge in [0.25, 0.3) is 0 Å². The second kappa shape index (κ2) is 7.36. The number of benzene rings is 1. The highest BCUT2D eigenvalue weighted by molar-refractivity contribution is 5.95. The van der Waals surface area contributed by atoms with Crippen LogP contribution in [0.3, 0.4) is 0 Å². The number of pyridine rings is 1. The molecule has 4 rings (SSSR count). The fourth-order valence-electron chi connectivity index (χ4n) is 4.21. The van der Waals surface area contributed by atoms with Gasteiger partial charge in [-0.25, -0.2) is 0 Å². The molecule has 4 nitrogen and oxygen atoms in total. The average Bonchev–Trinajstić information content (AvgIpc) is 3.04. The van der Waals surface area contributed by atoms with Crippen LogP contribution in [0, 0.1) is 5.92 Å². The van der Waals surface area contributed by atoms with Crippen molar-refractivity contribution in [2.24, 2.45) is 5.92 Å². The van der Waals surface area contributed by atoms with Crippen LogP contribution in [0.2, 0.25) is 0 Å². The largest absolute Gasteiger partial charge is 0.312 e. The summed E-state index contributed by atoms with van der Waals surface area (Å²) in [6, 6.07) is 14.3. The number of hydrogen-bond donors (Lipinski definition) is 0. The van der Waals surface area contributed by atoms with Crippen LogP contribution in [0.5, 0.6) is 0 Å². The third kappa shape index (κ3) is 3.74. The van der Waals surface area contributed by atoms with Gasteiger partial charge in [-0.2, -0.15) is 0 Å². The molecule has 0 radical (unpaired) electrons. The molecule has 1 aromatic heterocycles. The molecule has 2 saturated heterocycles. The number of amides is 1. The van der Waals surface area contributed by atoms with E-state index in [-0.39, 0.29) is 5.91 Å². The normalized spacial score (nSPS) is 22.5. The molecular weight excluding hydrogens is 310 g/mol. The summed E-state index contributed by atoms with van der Waals surface area (Å²) in [7, 11) is 0. The Morgan fingerprint density at radius 3 is 2.44 bits per heavy atom. The van der Waals surface area contributed by atoms with E-state index in [0.717, 1.165) is 31.9 Å². The summed E-state index contributed by atoms with van der Waals surface area (Å²) in [5.74, 6) is 1.37. The van der Waals surface area contributed by atoms with Crippen LogP contribution in [-0.2, 0) is 4.79 Å². The Balaban J connectivity index is 1.30. The summed E-state index contributed by atoms with van der Waals surface area (Å²) < 4.78 is 0. The van der Waals surface area contributed by atoms with Crippen molar-refractivity contribution in [1.82, 2.24) is 9.88 Å². The number of carbonyl (C=O) groups excluding carboxylic acids is 1.